The molecule has 0 spiro atoms. The second-order valence-electron chi connectivity index (χ2n) is 5.56. The maximum Gasteiger partial charge on any atom is 0.264 e. The van der Waals surface area contributed by atoms with Gasteiger partial charge in [-0.25, -0.2) is 0 Å². The second kappa shape index (κ2) is 6.19. The molecule has 0 radical (unpaired) electrons. The third-order valence-corrected chi connectivity index (χ3v) is 4.26. The van der Waals surface area contributed by atoms with Crippen LogP contribution in [0.5, 0.6) is 0 Å². The number of aliphatic hydroxyl groups is 1. The minimum absolute atomic E-state index is 0.235. The SMILES string of the molecule is C=CCN1C(=O)[C@](O)(CC(=O)c2ccncc2)c2cc(Cl)ccc21. The summed E-state index contributed by atoms with van der Waals surface area (Å²) in [4.78, 5) is 30.5. The Bertz CT molecular complexity index is 822. The molecule has 1 atom stereocenters. The number of hydrogen-bond donors (Lipinski definition) is 1. The number of carbonyl (C=O) groups excluding carboxylic acids is 2. The van der Waals surface area contributed by atoms with Crippen LogP contribution in [0.25, 0.3) is 0 Å². The Kier molecular flexibility index (Phi) is 4.22. The number of amides is 1. The van der Waals surface area contributed by atoms with Gasteiger partial charge in [0.05, 0.1) is 12.1 Å². The highest BCUT2D eigenvalue weighted by Crippen LogP contribution is 2.44. The van der Waals surface area contributed by atoms with Crippen LogP contribution in [-0.4, -0.2) is 28.3 Å². The van der Waals surface area contributed by atoms with Crippen molar-refractivity contribution < 1.29 is 14.7 Å². The summed E-state index contributed by atoms with van der Waals surface area (Å²) < 4.78 is 0. The maximum atomic E-state index is 12.8. The van der Waals surface area contributed by atoms with Crippen molar-refractivity contribution in [2.75, 3.05) is 11.4 Å². The number of anilines is 1. The highest BCUT2D eigenvalue weighted by molar-refractivity contribution is 6.31. The van der Waals surface area contributed by atoms with Gasteiger partial charge in [-0.15, -0.1) is 6.58 Å². The predicted molar refractivity (Wildman–Crippen MR) is 91.1 cm³/mol. The van der Waals surface area contributed by atoms with Gasteiger partial charge in [0.15, 0.2) is 11.4 Å². The van der Waals surface area contributed by atoms with Crippen LogP contribution in [0, 0.1) is 0 Å². The Labute approximate surface area is 144 Å². The number of carbonyl (C=O) groups is 2. The fraction of sp³-hybridized carbons (Fsp3) is 0.167. The molecule has 1 aromatic carbocycles. The van der Waals surface area contributed by atoms with Gasteiger partial charge in [0.25, 0.3) is 5.91 Å². The van der Waals surface area contributed by atoms with Crippen molar-refractivity contribution in [1.82, 2.24) is 4.98 Å². The molecular weight excluding hydrogens is 328 g/mol. The first-order valence-electron chi connectivity index (χ1n) is 7.36. The lowest BCUT2D eigenvalue weighted by atomic mass is 9.88. The molecule has 0 aliphatic carbocycles. The van der Waals surface area contributed by atoms with E-state index >= 15 is 0 Å². The third kappa shape index (κ3) is 2.62. The first-order valence-corrected chi connectivity index (χ1v) is 7.73. The average molecular weight is 343 g/mol. The molecule has 0 saturated carbocycles. The minimum Gasteiger partial charge on any atom is -0.375 e. The Morgan fingerprint density at radius 1 is 1.33 bits per heavy atom. The Balaban J connectivity index is 2.03. The average Bonchev–Trinajstić information content (AvgIpc) is 2.78. The quantitative estimate of drug-likeness (QED) is 0.670. The smallest absolute Gasteiger partial charge is 0.264 e. The molecule has 6 heteroatoms. The Morgan fingerprint density at radius 3 is 2.71 bits per heavy atom. The van der Waals surface area contributed by atoms with Crippen LogP contribution in [0.4, 0.5) is 5.69 Å². The topological polar surface area (TPSA) is 70.5 Å². The van der Waals surface area contributed by atoms with Gasteiger partial charge in [0, 0.05) is 35.1 Å². The number of halogens is 1. The first-order chi connectivity index (χ1) is 11.5. The summed E-state index contributed by atoms with van der Waals surface area (Å²) in [5, 5.41) is 11.4. The largest absolute Gasteiger partial charge is 0.375 e. The van der Waals surface area contributed by atoms with Crippen molar-refractivity contribution in [2.45, 2.75) is 12.0 Å². The first kappa shape index (κ1) is 16.4. The molecule has 1 aromatic heterocycles. The van der Waals surface area contributed by atoms with E-state index in [0.29, 0.717) is 21.8 Å². The second-order valence-corrected chi connectivity index (χ2v) is 6.00. The zero-order valence-electron chi connectivity index (χ0n) is 12.8. The van der Waals surface area contributed by atoms with E-state index in [2.05, 4.69) is 11.6 Å². The molecule has 2 heterocycles. The molecule has 24 heavy (non-hydrogen) atoms. The van der Waals surface area contributed by atoms with Gasteiger partial charge in [0.2, 0.25) is 0 Å². The summed E-state index contributed by atoms with van der Waals surface area (Å²) in [5.74, 6) is -0.901. The van der Waals surface area contributed by atoms with E-state index in [1.807, 2.05) is 0 Å². The number of benzene rings is 1. The van der Waals surface area contributed by atoms with Crippen LogP contribution in [0.15, 0.2) is 55.4 Å². The summed E-state index contributed by atoms with van der Waals surface area (Å²) in [7, 11) is 0. The van der Waals surface area contributed by atoms with Crippen molar-refractivity contribution in [3.63, 3.8) is 0 Å². The van der Waals surface area contributed by atoms with Crippen molar-refractivity contribution in [2.24, 2.45) is 0 Å². The highest BCUT2D eigenvalue weighted by Gasteiger charge is 2.50. The highest BCUT2D eigenvalue weighted by atomic mass is 35.5. The lowest BCUT2D eigenvalue weighted by molar-refractivity contribution is -0.135. The van der Waals surface area contributed by atoms with Crippen LogP contribution in [0.2, 0.25) is 5.02 Å². The number of nitrogens with zero attached hydrogens (tertiary/aromatic N) is 2. The molecule has 1 aliphatic heterocycles. The van der Waals surface area contributed by atoms with Crippen LogP contribution in [0.1, 0.15) is 22.3 Å². The Hall–Kier alpha value is -2.50. The van der Waals surface area contributed by atoms with Gasteiger partial charge in [-0.2, -0.15) is 0 Å². The van der Waals surface area contributed by atoms with Gasteiger partial charge < -0.3 is 10.0 Å². The fourth-order valence-electron chi connectivity index (χ4n) is 2.88. The molecule has 0 unspecified atom stereocenters. The van der Waals surface area contributed by atoms with Gasteiger partial charge >= 0.3 is 0 Å². The number of aromatic nitrogens is 1. The summed E-state index contributed by atoms with van der Waals surface area (Å²) in [5.41, 5.74) is -0.681. The summed E-state index contributed by atoms with van der Waals surface area (Å²) in [6.07, 6.45) is 4.18. The Morgan fingerprint density at radius 2 is 2.04 bits per heavy atom. The number of fused-ring (bicyclic) bond motifs is 1. The fourth-order valence-corrected chi connectivity index (χ4v) is 3.05. The molecule has 0 bridgehead atoms. The number of rotatable bonds is 5. The summed E-state index contributed by atoms with van der Waals surface area (Å²) >= 11 is 6.02. The monoisotopic (exact) mass is 342 g/mol. The molecule has 0 fully saturated rings. The third-order valence-electron chi connectivity index (χ3n) is 4.02. The van der Waals surface area contributed by atoms with E-state index in [-0.39, 0.29) is 18.7 Å². The summed E-state index contributed by atoms with van der Waals surface area (Å²) in [6, 6.07) is 7.92. The molecule has 2 aromatic rings. The number of hydrogen-bond acceptors (Lipinski definition) is 4. The van der Waals surface area contributed by atoms with Crippen LogP contribution >= 0.6 is 11.6 Å². The lowest BCUT2D eigenvalue weighted by Crippen LogP contribution is -2.41. The predicted octanol–water partition coefficient (Wildman–Crippen LogP) is 2.73. The number of Topliss-reactive ketones (excluding diaryl/α,β-unsaturated/α-hetero) is 1. The van der Waals surface area contributed by atoms with Crippen LogP contribution in [-0.2, 0) is 10.4 Å². The standard InChI is InChI=1S/C18H15ClN2O3/c1-2-9-21-15-4-3-13(19)10-14(15)18(24,17(21)23)11-16(22)12-5-7-20-8-6-12/h2-8,10,24H,1,9,11H2/t18-/m0/s1. The molecule has 1 aliphatic rings. The summed E-state index contributed by atoms with van der Waals surface area (Å²) in [6.45, 7) is 3.87. The molecule has 122 valence electrons. The molecule has 5 nitrogen and oxygen atoms in total. The van der Waals surface area contributed by atoms with E-state index in [1.54, 1.807) is 30.3 Å². The van der Waals surface area contributed by atoms with Crippen molar-refractivity contribution in [3.8, 4) is 0 Å². The van der Waals surface area contributed by atoms with E-state index < -0.39 is 11.5 Å². The normalized spacial score (nSPS) is 19.2. The molecule has 0 saturated heterocycles. The van der Waals surface area contributed by atoms with Crippen molar-refractivity contribution in [3.05, 3.63) is 71.5 Å². The van der Waals surface area contributed by atoms with E-state index in [4.69, 9.17) is 11.6 Å². The van der Waals surface area contributed by atoms with Crippen LogP contribution < -0.4 is 4.90 Å². The molecule has 1 N–H and O–H groups in total. The van der Waals surface area contributed by atoms with Crippen molar-refractivity contribution >= 4 is 29.0 Å². The molecule has 3 rings (SSSR count). The molecule has 1 amide bonds. The van der Waals surface area contributed by atoms with Crippen molar-refractivity contribution in [1.29, 1.82) is 0 Å². The zero-order chi connectivity index (χ0) is 17.3. The van der Waals surface area contributed by atoms with Gasteiger partial charge in [0.1, 0.15) is 0 Å². The van der Waals surface area contributed by atoms with Gasteiger partial charge in [-0.05, 0) is 30.3 Å². The van der Waals surface area contributed by atoms with E-state index in [0.717, 1.165) is 0 Å². The maximum absolute atomic E-state index is 12.8. The lowest BCUT2D eigenvalue weighted by Gasteiger charge is -2.22. The zero-order valence-corrected chi connectivity index (χ0v) is 13.5. The van der Waals surface area contributed by atoms with Gasteiger partial charge in [-0.1, -0.05) is 17.7 Å². The van der Waals surface area contributed by atoms with E-state index in [9.17, 15) is 14.7 Å². The van der Waals surface area contributed by atoms with Crippen LogP contribution in [0.3, 0.4) is 0 Å². The number of ketones is 1. The van der Waals surface area contributed by atoms with E-state index in [1.165, 1.54) is 23.4 Å². The number of pyridine rings is 1. The molecular formula is C18H15ClN2O3. The minimum atomic E-state index is -1.94. The van der Waals surface area contributed by atoms with Gasteiger partial charge in [-0.3, -0.25) is 14.6 Å².